The lowest BCUT2D eigenvalue weighted by Gasteiger charge is -2.29. The molecule has 2 N–H and O–H groups in total. The fourth-order valence-corrected chi connectivity index (χ4v) is 3.25. The van der Waals surface area contributed by atoms with Crippen LogP contribution in [0.1, 0.15) is 51.3 Å². The lowest BCUT2D eigenvalue weighted by Crippen LogP contribution is -2.18. The van der Waals surface area contributed by atoms with E-state index in [0.717, 1.165) is 36.1 Å². The highest BCUT2D eigenvalue weighted by Gasteiger charge is 2.27. The van der Waals surface area contributed by atoms with Crippen molar-refractivity contribution in [1.29, 1.82) is 0 Å². The monoisotopic (exact) mass is 285 g/mol. The van der Waals surface area contributed by atoms with Gasteiger partial charge in [-0.15, -0.1) is 0 Å². The quantitative estimate of drug-likeness (QED) is 0.856. The van der Waals surface area contributed by atoms with Gasteiger partial charge in [0.2, 0.25) is 0 Å². The molecule has 0 atom stereocenters. The summed E-state index contributed by atoms with van der Waals surface area (Å²) < 4.78 is 5.42. The van der Waals surface area contributed by atoms with Crippen LogP contribution in [-0.2, 0) is 0 Å². The Morgan fingerprint density at radius 1 is 1.14 bits per heavy atom. The molecule has 4 nitrogen and oxygen atoms in total. The van der Waals surface area contributed by atoms with E-state index in [9.17, 15) is 0 Å². The molecular weight excluding hydrogens is 262 g/mol. The van der Waals surface area contributed by atoms with E-state index in [0.29, 0.717) is 17.5 Å². The molecule has 2 aromatic rings. The first-order valence-electron chi connectivity index (χ1n) is 7.83. The Hall–Kier alpha value is -1.84. The molecule has 1 aromatic heterocycles. The van der Waals surface area contributed by atoms with Crippen molar-refractivity contribution < 1.29 is 4.52 Å². The van der Waals surface area contributed by atoms with E-state index in [-0.39, 0.29) is 0 Å². The molecule has 3 rings (SSSR count). The largest absolute Gasteiger partial charge is 0.398 e. The predicted molar refractivity (Wildman–Crippen MR) is 83.7 cm³/mol. The van der Waals surface area contributed by atoms with E-state index in [2.05, 4.69) is 24.0 Å². The van der Waals surface area contributed by atoms with Crippen LogP contribution in [0.15, 0.2) is 28.8 Å². The number of nitrogens with two attached hydrogens (primary N) is 1. The maximum Gasteiger partial charge on any atom is 0.260 e. The second kappa shape index (κ2) is 5.88. The first kappa shape index (κ1) is 14.1. The van der Waals surface area contributed by atoms with Gasteiger partial charge in [-0.2, -0.15) is 4.98 Å². The van der Waals surface area contributed by atoms with Crippen LogP contribution in [0.3, 0.4) is 0 Å². The highest BCUT2D eigenvalue weighted by atomic mass is 16.5. The van der Waals surface area contributed by atoms with Crippen LogP contribution in [0, 0.1) is 11.8 Å². The van der Waals surface area contributed by atoms with Crippen molar-refractivity contribution in [3.63, 3.8) is 0 Å². The molecule has 1 fully saturated rings. The van der Waals surface area contributed by atoms with Crippen LogP contribution in [-0.4, -0.2) is 10.1 Å². The Morgan fingerprint density at radius 3 is 2.52 bits per heavy atom. The smallest absolute Gasteiger partial charge is 0.260 e. The summed E-state index contributed by atoms with van der Waals surface area (Å²) in [6.07, 6.45) is 4.84. The zero-order chi connectivity index (χ0) is 14.8. The summed E-state index contributed by atoms with van der Waals surface area (Å²) in [5.41, 5.74) is 7.47. The number of nitrogens with zero attached hydrogens (tertiary/aromatic N) is 2. The van der Waals surface area contributed by atoms with Gasteiger partial charge in [-0.3, -0.25) is 0 Å². The Bertz CT molecular complexity index is 598. The second-order valence-corrected chi connectivity index (χ2v) is 6.40. The van der Waals surface area contributed by atoms with Gasteiger partial charge < -0.3 is 10.3 Å². The summed E-state index contributed by atoms with van der Waals surface area (Å²) in [4.78, 5) is 4.58. The molecular formula is C17H23N3O. The average molecular weight is 285 g/mol. The molecule has 1 aliphatic rings. The predicted octanol–water partition coefficient (Wildman–Crippen LogP) is 4.25. The van der Waals surface area contributed by atoms with Crippen molar-refractivity contribution in [3.8, 4) is 11.5 Å². The summed E-state index contributed by atoms with van der Waals surface area (Å²) >= 11 is 0. The van der Waals surface area contributed by atoms with Crippen LogP contribution in [0.2, 0.25) is 0 Å². The molecule has 112 valence electrons. The Kier molecular flexibility index (Phi) is 3.95. The Balaban J connectivity index is 1.73. The molecule has 21 heavy (non-hydrogen) atoms. The molecule has 1 heterocycles. The first-order chi connectivity index (χ1) is 10.1. The van der Waals surface area contributed by atoms with E-state index in [1.807, 2.05) is 24.3 Å². The molecule has 1 aliphatic carbocycles. The van der Waals surface area contributed by atoms with Gasteiger partial charge >= 0.3 is 0 Å². The number of benzene rings is 1. The van der Waals surface area contributed by atoms with Crippen LogP contribution in [0.25, 0.3) is 11.5 Å². The second-order valence-electron chi connectivity index (χ2n) is 6.40. The maximum atomic E-state index is 5.96. The SMILES string of the molecule is CC(C)C1CCC(c2noc(-c3ccccc3N)n2)CC1. The number of para-hydroxylation sites is 1. The van der Waals surface area contributed by atoms with Crippen molar-refractivity contribution in [2.45, 2.75) is 45.4 Å². The van der Waals surface area contributed by atoms with Crippen LogP contribution in [0.5, 0.6) is 0 Å². The zero-order valence-corrected chi connectivity index (χ0v) is 12.7. The molecule has 1 aromatic carbocycles. The van der Waals surface area contributed by atoms with Gasteiger partial charge in [0.05, 0.1) is 5.56 Å². The van der Waals surface area contributed by atoms with E-state index in [4.69, 9.17) is 10.3 Å². The van der Waals surface area contributed by atoms with Crippen LogP contribution < -0.4 is 5.73 Å². The highest BCUT2D eigenvalue weighted by Crippen LogP contribution is 2.38. The number of hydrogen-bond donors (Lipinski definition) is 1. The third-order valence-electron chi connectivity index (χ3n) is 4.71. The summed E-state index contributed by atoms with van der Waals surface area (Å²) in [5, 5.41) is 4.19. The molecule has 0 aliphatic heterocycles. The van der Waals surface area contributed by atoms with Gasteiger partial charge in [0, 0.05) is 11.6 Å². The minimum atomic E-state index is 0.433. The third-order valence-corrected chi connectivity index (χ3v) is 4.71. The maximum absolute atomic E-state index is 5.96. The molecule has 4 heteroatoms. The molecule has 0 bridgehead atoms. The minimum Gasteiger partial charge on any atom is -0.398 e. The van der Waals surface area contributed by atoms with Crippen molar-refractivity contribution in [3.05, 3.63) is 30.1 Å². The van der Waals surface area contributed by atoms with E-state index in [1.165, 1.54) is 12.8 Å². The Labute approximate surface area is 125 Å². The third kappa shape index (κ3) is 2.94. The summed E-state index contributed by atoms with van der Waals surface area (Å²) in [7, 11) is 0. The molecule has 0 unspecified atom stereocenters. The number of nitrogen functional groups attached to an aromatic ring is 1. The van der Waals surface area contributed by atoms with Gasteiger partial charge in [0.15, 0.2) is 5.82 Å². The number of aromatic nitrogens is 2. The molecule has 0 saturated heterocycles. The summed E-state index contributed by atoms with van der Waals surface area (Å²) in [6, 6.07) is 7.61. The number of anilines is 1. The van der Waals surface area contributed by atoms with E-state index in [1.54, 1.807) is 0 Å². The number of hydrogen-bond acceptors (Lipinski definition) is 4. The molecule has 0 spiro atoms. The van der Waals surface area contributed by atoms with Crippen LogP contribution >= 0.6 is 0 Å². The standard InChI is InChI=1S/C17H23N3O/c1-11(2)12-7-9-13(10-8-12)16-19-17(21-20-16)14-5-3-4-6-15(14)18/h3-6,11-13H,7-10,18H2,1-2H3. The minimum absolute atomic E-state index is 0.433. The lowest BCUT2D eigenvalue weighted by atomic mass is 9.77. The summed E-state index contributed by atoms with van der Waals surface area (Å²) in [5.74, 6) is 3.43. The molecule has 0 radical (unpaired) electrons. The summed E-state index contributed by atoms with van der Waals surface area (Å²) in [6.45, 7) is 4.63. The topological polar surface area (TPSA) is 64.9 Å². The number of rotatable bonds is 3. The van der Waals surface area contributed by atoms with E-state index < -0.39 is 0 Å². The van der Waals surface area contributed by atoms with Gasteiger partial charge in [-0.25, -0.2) is 0 Å². The zero-order valence-electron chi connectivity index (χ0n) is 12.7. The lowest BCUT2D eigenvalue weighted by molar-refractivity contribution is 0.252. The van der Waals surface area contributed by atoms with Crippen molar-refractivity contribution in [2.24, 2.45) is 11.8 Å². The Morgan fingerprint density at radius 2 is 1.86 bits per heavy atom. The van der Waals surface area contributed by atoms with Gasteiger partial charge in [0.25, 0.3) is 5.89 Å². The fraction of sp³-hybridized carbons (Fsp3) is 0.529. The van der Waals surface area contributed by atoms with Gasteiger partial charge in [-0.1, -0.05) is 31.1 Å². The molecule has 0 amide bonds. The van der Waals surface area contributed by atoms with Gasteiger partial charge in [-0.05, 0) is 49.7 Å². The van der Waals surface area contributed by atoms with E-state index >= 15 is 0 Å². The first-order valence-corrected chi connectivity index (χ1v) is 7.83. The molecule has 1 saturated carbocycles. The van der Waals surface area contributed by atoms with Crippen LogP contribution in [0.4, 0.5) is 5.69 Å². The van der Waals surface area contributed by atoms with Crippen molar-refractivity contribution >= 4 is 5.69 Å². The highest BCUT2D eigenvalue weighted by molar-refractivity contribution is 5.69. The van der Waals surface area contributed by atoms with Gasteiger partial charge in [0.1, 0.15) is 0 Å². The van der Waals surface area contributed by atoms with Crippen molar-refractivity contribution in [2.75, 3.05) is 5.73 Å². The average Bonchev–Trinajstić information content (AvgIpc) is 2.97. The van der Waals surface area contributed by atoms with Crippen molar-refractivity contribution in [1.82, 2.24) is 10.1 Å². The fourth-order valence-electron chi connectivity index (χ4n) is 3.25. The normalized spacial score (nSPS) is 22.6.